The Kier molecular flexibility index (Phi) is 6.64. The third-order valence-corrected chi connectivity index (χ3v) is 7.41. The largest absolute Gasteiger partial charge is 0.384 e. The summed E-state index contributed by atoms with van der Waals surface area (Å²) in [6, 6.07) is 9.88. The number of halogens is 1. The molecule has 4 aromatic rings. The van der Waals surface area contributed by atoms with E-state index in [0.29, 0.717) is 47.7 Å². The number of carbonyl (C=O) groups excluding carboxylic acids is 2. The van der Waals surface area contributed by atoms with Crippen LogP contribution >= 0.6 is 11.6 Å². The Morgan fingerprint density at radius 2 is 1.55 bits per heavy atom. The molecule has 1 unspecified atom stereocenters. The number of pyridine rings is 4. The number of anilines is 3. The number of hydrogen-bond donors (Lipinski definition) is 3. The average molecular weight is 556 g/mol. The van der Waals surface area contributed by atoms with Gasteiger partial charge in [0.15, 0.2) is 0 Å². The first-order chi connectivity index (χ1) is 19.4. The van der Waals surface area contributed by atoms with E-state index < -0.39 is 12.1 Å². The van der Waals surface area contributed by atoms with Gasteiger partial charge in [0.05, 0.1) is 6.04 Å². The summed E-state index contributed by atoms with van der Waals surface area (Å²) in [6.07, 6.45) is 8.85. The molecule has 0 spiro atoms. The Hall–Kier alpha value is -4.77. The zero-order valence-corrected chi connectivity index (χ0v) is 22.2. The first-order valence-electron chi connectivity index (χ1n) is 12.8. The van der Waals surface area contributed by atoms with Crippen molar-refractivity contribution in [1.29, 1.82) is 0 Å². The van der Waals surface area contributed by atoms with Gasteiger partial charge in [0.1, 0.15) is 22.6 Å². The molecule has 2 aliphatic rings. The Balaban J connectivity index is 1.28. The summed E-state index contributed by atoms with van der Waals surface area (Å²) in [7, 11) is 0. The first kappa shape index (κ1) is 25.5. The Bertz CT molecular complexity index is 1590. The summed E-state index contributed by atoms with van der Waals surface area (Å²) in [5.41, 5.74) is 16.4. The third-order valence-electron chi connectivity index (χ3n) is 7.18. The van der Waals surface area contributed by atoms with Gasteiger partial charge in [-0.3, -0.25) is 9.80 Å². The highest BCUT2D eigenvalue weighted by atomic mass is 35.5. The maximum Gasteiger partial charge on any atom is 0.323 e. The molecule has 1 atom stereocenters. The molecule has 6 rings (SSSR count). The molecule has 11 nitrogen and oxygen atoms in total. The molecule has 0 fully saturated rings. The van der Waals surface area contributed by atoms with Gasteiger partial charge in [-0.2, -0.15) is 0 Å². The number of nitrogens with one attached hydrogen (secondary N) is 1. The van der Waals surface area contributed by atoms with Crippen molar-refractivity contribution in [2.45, 2.75) is 25.3 Å². The summed E-state index contributed by atoms with van der Waals surface area (Å²) < 4.78 is 0. The van der Waals surface area contributed by atoms with E-state index in [-0.39, 0.29) is 6.03 Å². The second kappa shape index (κ2) is 10.4. The van der Waals surface area contributed by atoms with Crippen LogP contribution in [0.3, 0.4) is 0 Å². The number of nitrogens with zero attached hydrogens (tertiary/aromatic N) is 6. The molecular weight excluding hydrogens is 530 g/mol. The Morgan fingerprint density at radius 1 is 0.850 bits per heavy atom. The highest BCUT2D eigenvalue weighted by Gasteiger charge is 2.33. The number of amides is 4. The molecule has 0 saturated carbocycles. The average Bonchev–Trinajstić information content (AvgIpc) is 2.97. The lowest BCUT2D eigenvalue weighted by atomic mass is 9.96. The number of nitrogen functional groups attached to an aromatic ring is 1. The van der Waals surface area contributed by atoms with E-state index in [9.17, 15) is 9.59 Å². The smallest absolute Gasteiger partial charge is 0.323 e. The number of aromatic nitrogens is 4. The standard InChI is InChI=1S/C28H26ClN9O2/c29-23-5-3-17(12-32-23)20-11-21-22(7-9-37(27(31)39)26(21)35-15-20)36-28(40)38-8-1-2-16-10-19(14-34-25(16)38)18-4-6-24(30)33-13-18/h3-6,10-15,22H,1-2,7-9H2,(H2,30,33)(H2,31,39)(H,36,40). The minimum absolute atomic E-state index is 0.266. The van der Waals surface area contributed by atoms with Gasteiger partial charge in [-0.25, -0.2) is 29.5 Å². The summed E-state index contributed by atoms with van der Waals surface area (Å²) in [4.78, 5) is 46.4. The van der Waals surface area contributed by atoms with Crippen LogP contribution < -0.4 is 26.6 Å². The molecule has 2 aliphatic heterocycles. The zero-order valence-electron chi connectivity index (χ0n) is 21.4. The molecular formula is C28H26ClN9O2. The minimum Gasteiger partial charge on any atom is -0.384 e. The fourth-order valence-electron chi connectivity index (χ4n) is 5.17. The zero-order chi connectivity index (χ0) is 27.8. The van der Waals surface area contributed by atoms with Gasteiger partial charge in [-0.15, -0.1) is 0 Å². The van der Waals surface area contributed by atoms with Crippen LogP contribution in [0.25, 0.3) is 22.3 Å². The molecule has 6 heterocycles. The highest BCUT2D eigenvalue weighted by Crippen LogP contribution is 2.36. The van der Waals surface area contributed by atoms with Gasteiger partial charge in [0.25, 0.3) is 0 Å². The SMILES string of the molecule is NC(=O)N1CCC(NC(=O)N2CCCc3cc(-c4ccc(N)nc4)cnc32)c2cc(-c3ccc(Cl)nc3)cnc21. The van der Waals surface area contributed by atoms with Crippen molar-refractivity contribution in [3.05, 3.63) is 77.5 Å². The van der Waals surface area contributed by atoms with Gasteiger partial charge < -0.3 is 16.8 Å². The van der Waals surface area contributed by atoms with Crippen molar-refractivity contribution in [3.63, 3.8) is 0 Å². The van der Waals surface area contributed by atoms with Gasteiger partial charge in [-0.1, -0.05) is 11.6 Å². The van der Waals surface area contributed by atoms with E-state index in [0.717, 1.165) is 40.7 Å². The van der Waals surface area contributed by atoms with Crippen molar-refractivity contribution >= 4 is 41.1 Å². The number of primary amides is 1. The van der Waals surface area contributed by atoms with Gasteiger partial charge >= 0.3 is 12.1 Å². The number of fused-ring (bicyclic) bond motifs is 2. The molecule has 5 N–H and O–H groups in total. The molecule has 12 heteroatoms. The predicted molar refractivity (Wildman–Crippen MR) is 153 cm³/mol. The first-order valence-corrected chi connectivity index (χ1v) is 13.2. The maximum absolute atomic E-state index is 13.6. The molecule has 0 radical (unpaired) electrons. The second-order valence-electron chi connectivity index (χ2n) is 9.72. The van der Waals surface area contributed by atoms with E-state index in [1.165, 1.54) is 4.90 Å². The topological polar surface area (TPSA) is 156 Å². The highest BCUT2D eigenvalue weighted by molar-refractivity contribution is 6.29. The van der Waals surface area contributed by atoms with E-state index in [4.69, 9.17) is 23.1 Å². The van der Waals surface area contributed by atoms with Crippen molar-refractivity contribution in [2.75, 3.05) is 28.6 Å². The normalized spacial score (nSPS) is 16.2. The number of rotatable bonds is 3. The molecule has 40 heavy (non-hydrogen) atoms. The van der Waals surface area contributed by atoms with Crippen molar-refractivity contribution < 1.29 is 9.59 Å². The summed E-state index contributed by atoms with van der Waals surface area (Å²) in [5, 5.41) is 3.53. The van der Waals surface area contributed by atoms with Crippen LogP contribution in [0.2, 0.25) is 5.15 Å². The second-order valence-corrected chi connectivity index (χ2v) is 10.1. The monoisotopic (exact) mass is 555 g/mol. The molecule has 0 bridgehead atoms. The summed E-state index contributed by atoms with van der Waals surface area (Å²) >= 11 is 5.95. The molecule has 0 saturated heterocycles. The molecule has 202 valence electrons. The minimum atomic E-state index is -0.597. The van der Waals surface area contributed by atoms with E-state index in [2.05, 4.69) is 25.3 Å². The van der Waals surface area contributed by atoms with E-state index in [1.807, 2.05) is 24.3 Å². The van der Waals surface area contributed by atoms with Crippen LogP contribution in [0.15, 0.2) is 61.2 Å². The van der Waals surface area contributed by atoms with Crippen molar-refractivity contribution in [2.24, 2.45) is 5.73 Å². The third kappa shape index (κ3) is 4.87. The summed E-state index contributed by atoms with van der Waals surface area (Å²) in [6.45, 7) is 0.867. The van der Waals surface area contributed by atoms with Crippen LogP contribution in [0.4, 0.5) is 27.0 Å². The number of aryl methyl sites for hydroxylation is 1. The molecule has 4 amide bonds. The van der Waals surface area contributed by atoms with Crippen LogP contribution in [0, 0.1) is 0 Å². The molecule has 0 aromatic carbocycles. The number of urea groups is 2. The van der Waals surface area contributed by atoms with Gasteiger partial charge in [0.2, 0.25) is 0 Å². The lowest BCUT2D eigenvalue weighted by Gasteiger charge is -2.35. The number of carbonyl (C=O) groups is 2. The van der Waals surface area contributed by atoms with Gasteiger partial charge in [0, 0.05) is 65.7 Å². The lowest BCUT2D eigenvalue weighted by molar-refractivity contribution is 0.240. The number of hydrogen-bond acceptors (Lipinski definition) is 7. The fourth-order valence-corrected chi connectivity index (χ4v) is 5.28. The molecule has 0 aliphatic carbocycles. The quantitative estimate of drug-likeness (QED) is 0.317. The molecule has 4 aromatic heterocycles. The van der Waals surface area contributed by atoms with Crippen LogP contribution in [0.5, 0.6) is 0 Å². The van der Waals surface area contributed by atoms with Crippen LogP contribution in [-0.2, 0) is 6.42 Å². The van der Waals surface area contributed by atoms with Crippen LogP contribution in [0.1, 0.15) is 30.0 Å². The summed E-state index contributed by atoms with van der Waals surface area (Å²) in [5.74, 6) is 1.51. The Morgan fingerprint density at radius 3 is 2.25 bits per heavy atom. The van der Waals surface area contributed by atoms with E-state index in [1.54, 1.807) is 41.8 Å². The van der Waals surface area contributed by atoms with Gasteiger partial charge in [-0.05, 0) is 61.2 Å². The Labute approximate surface area is 235 Å². The fraction of sp³-hybridized carbons (Fsp3) is 0.214. The number of nitrogens with two attached hydrogens (primary N) is 2. The van der Waals surface area contributed by atoms with Crippen molar-refractivity contribution in [3.8, 4) is 22.3 Å². The van der Waals surface area contributed by atoms with Crippen LogP contribution in [-0.4, -0.2) is 45.1 Å². The predicted octanol–water partition coefficient (Wildman–Crippen LogP) is 4.33. The maximum atomic E-state index is 13.6. The van der Waals surface area contributed by atoms with Crippen molar-refractivity contribution in [1.82, 2.24) is 25.3 Å². The lowest BCUT2D eigenvalue weighted by Crippen LogP contribution is -2.48. The van der Waals surface area contributed by atoms with E-state index >= 15 is 0 Å².